The topological polar surface area (TPSA) is 90.9 Å². The lowest BCUT2D eigenvalue weighted by atomic mass is 10.2. The number of para-hydroxylation sites is 1. The van der Waals surface area contributed by atoms with Gasteiger partial charge < -0.3 is 5.32 Å². The summed E-state index contributed by atoms with van der Waals surface area (Å²) >= 11 is 0. The molecule has 0 aliphatic carbocycles. The zero-order valence-corrected chi connectivity index (χ0v) is 14.8. The van der Waals surface area contributed by atoms with Gasteiger partial charge in [-0.25, -0.2) is 4.79 Å². The largest absolute Gasteiger partial charge is 0.350 e. The van der Waals surface area contributed by atoms with Gasteiger partial charge in [-0.1, -0.05) is 12.1 Å². The summed E-state index contributed by atoms with van der Waals surface area (Å²) in [5, 5.41) is 7.39. The third-order valence-corrected chi connectivity index (χ3v) is 4.18. The molecule has 1 atom stereocenters. The average Bonchev–Trinajstić information content (AvgIpc) is 3.12. The highest BCUT2D eigenvalue weighted by Gasteiger charge is 2.15. The molecule has 1 amide bonds. The number of carbonyl (C=O) groups excluding carboxylic acids is 1. The molecule has 2 heterocycles. The molecule has 0 aliphatic rings. The Kier molecular flexibility index (Phi) is 5.01. The summed E-state index contributed by atoms with van der Waals surface area (Å²) in [6, 6.07) is 8.49. The quantitative estimate of drug-likeness (QED) is 0.700. The highest BCUT2D eigenvalue weighted by Crippen LogP contribution is 2.07. The number of fused-ring (bicyclic) bond motifs is 1. The molecule has 1 aromatic carbocycles. The Morgan fingerprint density at radius 2 is 1.96 bits per heavy atom. The van der Waals surface area contributed by atoms with E-state index in [1.54, 1.807) is 42.1 Å². The lowest BCUT2D eigenvalue weighted by Gasteiger charge is -2.16. The van der Waals surface area contributed by atoms with Crippen LogP contribution in [0.15, 0.2) is 52.3 Å². The maximum absolute atomic E-state index is 12.6. The fourth-order valence-electron chi connectivity index (χ4n) is 3.00. The summed E-state index contributed by atoms with van der Waals surface area (Å²) in [7, 11) is 0. The smallest absolute Gasteiger partial charge is 0.331 e. The Hall–Kier alpha value is -3.16. The molecule has 8 heteroatoms. The molecule has 0 aliphatic heterocycles. The number of hydrogen-bond donors (Lipinski definition) is 1. The van der Waals surface area contributed by atoms with Crippen molar-refractivity contribution in [3.63, 3.8) is 0 Å². The lowest BCUT2D eigenvalue weighted by Crippen LogP contribution is -2.44. The van der Waals surface area contributed by atoms with Crippen molar-refractivity contribution in [1.82, 2.24) is 24.2 Å². The minimum atomic E-state index is -0.480. The maximum Gasteiger partial charge on any atom is 0.331 e. The first kappa shape index (κ1) is 17.7. The molecule has 0 fully saturated rings. The normalized spacial score (nSPS) is 12.2. The SMILES string of the molecule is CCn1c(=O)c2ccccc2n(CC(=O)N[C@@H](C)Cn2cccn2)c1=O. The van der Waals surface area contributed by atoms with E-state index in [1.807, 2.05) is 19.2 Å². The van der Waals surface area contributed by atoms with E-state index in [-0.39, 0.29) is 30.6 Å². The first-order valence-corrected chi connectivity index (χ1v) is 8.50. The Morgan fingerprint density at radius 1 is 1.19 bits per heavy atom. The van der Waals surface area contributed by atoms with Gasteiger partial charge in [-0.05, 0) is 32.0 Å². The van der Waals surface area contributed by atoms with E-state index in [4.69, 9.17) is 0 Å². The summed E-state index contributed by atoms with van der Waals surface area (Å²) in [6.07, 6.45) is 3.49. The first-order chi connectivity index (χ1) is 12.5. The van der Waals surface area contributed by atoms with Crippen molar-refractivity contribution in [3.8, 4) is 0 Å². The van der Waals surface area contributed by atoms with Crippen LogP contribution in [0.4, 0.5) is 0 Å². The molecule has 3 rings (SSSR count). The molecule has 8 nitrogen and oxygen atoms in total. The molecule has 0 unspecified atom stereocenters. The molecule has 0 spiro atoms. The standard InChI is InChI=1S/C18H21N5O3/c1-3-22-17(25)14-7-4-5-8-15(14)23(18(22)26)12-16(24)20-13(2)11-21-10-6-9-19-21/h4-10,13H,3,11-12H2,1-2H3,(H,20,24)/t13-/m0/s1. The summed E-state index contributed by atoms with van der Waals surface area (Å²) in [6.45, 7) is 4.23. The van der Waals surface area contributed by atoms with Crippen LogP contribution in [0.2, 0.25) is 0 Å². The monoisotopic (exact) mass is 355 g/mol. The van der Waals surface area contributed by atoms with Crippen LogP contribution in [-0.2, 0) is 24.4 Å². The number of benzene rings is 1. The molecule has 0 saturated carbocycles. The molecule has 2 aromatic heterocycles. The van der Waals surface area contributed by atoms with Gasteiger partial charge in [-0.2, -0.15) is 5.10 Å². The highest BCUT2D eigenvalue weighted by atomic mass is 16.2. The Labute approximate surface area is 149 Å². The third-order valence-electron chi connectivity index (χ3n) is 4.18. The fraction of sp³-hybridized carbons (Fsp3) is 0.333. The van der Waals surface area contributed by atoms with Gasteiger partial charge in [-0.15, -0.1) is 0 Å². The Morgan fingerprint density at radius 3 is 2.65 bits per heavy atom. The van der Waals surface area contributed by atoms with Crippen molar-refractivity contribution in [1.29, 1.82) is 0 Å². The van der Waals surface area contributed by atoms with Gasteiger partial charge in [0.05, 0.1) is 17.4 Å². The van der Waals surface area contributed by atoms with Crippen LogP contribution in [0.5, 0.6) is 0 Å². The summed E-state index contributed by atoms with van der Waals surface area (Å²) in [5.74, 6) is -0.293. The predicted octanol–water partition coefficient (Wildman–Crippen LogP) is 0.584. The van der Waals surface area contributed by atoms with Crippen LogP contribution in [0.1, 0.15) is 13.8 Å². The zero-order chi connectivity index (χ0) is 18.7. The molecular weight excluding hydrogens is 334 g/mol. The van der Waals surface area contributed by atoms with Crippen LogP contribution < -0.4 is 16.6 Å². The predicted molar refractivity (Wildman–Crippen MR) is 98.0 cm³/mol. The number of aromatic nitrogens is 4. The van der Waals surface area contributed by atoms with Crippen molar-refractivity contribution in [3.05, 3.63) is 63.6 Å². The van der Waals surface area contributed by atoms with E-state index in [0.29, 0.717) is 17.4 Å². The minimum absolute atomic E-state index is 0.150. The second-order valence-electron chi connectivity index (χ2n) is 6.13. The van der Waals surface area contributed by atoms with Gasteiger partial charge in [0.15, 0.2) is 0 Å². The summed E-state index contributed by atoms with van der Waals surface area (Å²) < 4.78 is 4.21. The van der Waals surface area contributed by atoms with Gasteiger partial charge >= 0.3 is 5.69 Å². The third kappa shape index (κ3) is 3.44. The molecule has 3 aromatic rings. The number of rotatable bonds is 6. The Bertz CT molecular complexity index is 1030. The fourth-order valence-corrected chi connectivity index (χ4v) is 3.00. The molecule has 0 radical (unpaired) electrons. The van der Waals surface area contributed by atoms with Crippen molar-refractivity contribution in [2.75, 3.05) is 0 Å². The average molecular weight is 355 g/mol. The second kappa shape index (κ2) is 7.38. The number of nitrogens with zero attached hydrogens (tertiary/aromatic N) is 4. The second-order valence-corrected chi connectivity index (χ2v) is 6.13. The van der Waals surface area contributed by atoms with E-state index in [0.717, 1.165) is 4.57 Å². The van der Waals surface area contributed by atoms with Crippen molar-refractivity contribution < 1.29 is 4.79 Å². The molecule has 1 N–H and O–H groups in total. The van der Waals surface area contributed by atoms with Crippen LogP contribution in [0, 0.1) is 0 Å². The molecule has 136 valence electrons. The van der Waals surface area contributed by atoms with E-state index in [9.17, 15) is 14.4 Å². The summed E-state index contributed by atoms with van der Waals surface area (Å²) in [4.78, 5) is 37.5. The maximum atomic E-state index is 12.6. The number of nitrogens with one attached hydrogen (secondary N) is 1. The number of hydrogen-bond acceptors (Lipinski definition) is 4. The molecule has 0 saturated heterocycles. The number of carbonyl (C=O) groups is 1. The minimum Gasteiger partial charge on any atom is -0.350 e. The Balaban J connectivity index is 1.87. The van der Waals surface area contributed by atoms with Gasteiger partial charge in [0.25, 0.3) is 5.56 Å². The van der Waals surface area contributed by atoms with Gasteiger partial charge in [0.2, 0.25) is 5.91 Å². The highest BCUT2D eigenvalue weighted by molar-refractivity contribution is 5.81. The van der Waals surface area contributed by atoms with Crippen molar-refractivity contribution >= 4 is 16.8 Å². The first-order valence-electron chi connectivity index (χ1n) is 8.50. The molecule has 26 heavy (non-hydrogen) atoms. The van der Waals surface area contributed by atoms with Crippen LogP contribution >= 0.6 is 0 Å². The lowest BCUT2D eigenvalue weighted by molar-refractivity contribution is -0.122. The van der Waals surface area contributed by atoms with Crippen LogP contribution in [0.25, 0.3) is 10.9 Å². The van der Waals surface area contributed by atoms with E-state index in [1.165, 1.54) is 4.57 Å². The van der Waals surface area contributed by atoms with Crippen LogP contribution in [0.3, 0.4) is 0 Å². The number of amides is 1. The molecule has 0 bridgehead atoms. The van der Waals surface area contributed by atoms with Crippen molar-refractivity contribution in [2.24, 2.45) is 0 Å². The van der Waals surface area contributed by atoms with E-state index in [2.05, 4.69) is 10.4 Å². The van der Waals surface area contributed by atoms with E-state index >= 15 is 0 Å². The van der Waals surface area contributed by atoms with Crippen molar-refractivity contribution in [2.45, 2.75) is 39.5 Å². The molecular formula is C18H21N5O3. The summed E-state index contributed by atoms with van der Waals surface area (Å²) in [5.41, 5.74) is -0.357. The van der Waals surface area contributed by atoms with Gasteiger partial charge in [0, 0.05) is 25.0 Å². The zero-order valence-electron chi connectivity index (χ0n) is 14.8. The van der Waals surface area contributed by atoms with Gasteiger partial charge in [-0.3, -0.25) is 23.4 Å². The van der Waals surface area contributed by atoms with Gasteiger partial charge in [0.1, 0.15) is 6.54 Å². The van der Waals surface area contributed by atoms with Crippen LogP contribution in [-0.4, -0.2) is 30.9 Å². The van der Waals surface area contributed by atoms with E-state index < -0.39 is 5.69 Å².